The Morgan fingerprint density at radius 3 is 3.11 bits per heavy atom. The molecule has 46 valence electrons. The molecule has 0 radical (unpaired) electrons. The smallest absolute Gasteiger partial charge is 0.313 e. The summed E-state index contributed by atoms with van der Waals surface area (Å²) in [4.78, 5) is 13.1. The SMILES string of the molecule is C#CCn1cc[nH]c1=O. The van der Waals surface area contributed by atoms with Crippen LogP contribution in [0.3, 0.4) is 0 Å². The fourth-order valence-corrected chi connectivity index (χ4v) is 0.572. The van der Waals surface area contributed by atoms with Crippen LogP contribution in [0.5, 0.6) is 0 Å². The summed E-state index contributed by atoms with van der Waals surface area (Å²) < 4.78 is 1.42. The number of rotatable bonds is 1. The van der Waals surface area contributed by atoms with Crippen LogP contribution in [0.1, 0.15) is 0 Å². The molecule has 9 heavy (non-hydrogen) atoms. The largest absolute Gasteiger partial charge is 0.326 e. The van der Waals surface area contributed by atoms with Crippen molar-refractivity contribution in [3.05, 3.63) is 22.9 Å². The fourth-order valence-electron chi connectivity index (χ4n) is 0.572. The van der Waals surface area contributed by atoms with Gasteiger partial charge in [0.15, 0.2) is 0 Å². The van der Waals surface area contributed by atoms with Gasteiger partial charge in [-0.05, 0) is 0 Å². The van der Waals surface area contributed by atoms with Gasteiger partial charge in [0.05, 0.1) is 6.54 Å². The number of H-pyrrole nitrogens is 1. The topological polar surface area (TPSA) is 37.8 Å². The van der Waals surface area contributed by atoms with Crippen molar-refractivity contribution < 1.29 is 0 Å². The molecule has 1 rings (SSSR count). The van der Waals surface area contributed by atoms with E-state index in [2.05, 4.69) is 10.9 Å². The molecule has 0 unspecified atom stereocenters. The van der Waals surface area contributed by atoms with Gasteiger partial charge in [-0.25, -0.2) is 4.79 Å². The Hall–Kier alpha value is -1.43. The molecule has 0 aromatic carbocycles. The van der Waals surface area contributed by atoms with Crippen LogP contribution in [0.25, 0.3) is 0 Å². The molecule has 0 aliphatic rings. The Balaban J connectivity index is 2.98. The quantitative estimate of drug-likeness (QED) is 0.515. The van der Waals surface area contributed by atoms with Crippen molar-refractivity contribution in [1.82, 2.24) is 9.55 Å². The Labute approximate surface area is 52.3 Å². The first kappa shape index (κ1) is 5.70. The van der Waals surface area contributed by atoms with E-state index in [9.17, 15) is 4.79 Å². The lowest BCUT2D eigenvalue weighted by molar-refractivity contribution is 0.799. The average molecular weight is 122 g/mol. The molecule has 0 fully saturated rings. The molecule has 0 saturated carbocycles. The summed E-state index contributed by atoms with van der Waals surface area (Å²) >= 11 is 0. The standard InChI is InChI=1S/C6H6N2O/c1-2-4-8-5-3-7-6(8)9/h1,3,5H,4H2,(H,7,9). The van der Waals surface area contributed by atoms with Gasteiger partial charge in [0.25, 0.3) is 0 Å². The van der Waals surface area contributed by atoms with Crippen molar-refractivity contribution in [3.63, 3.8) is 0 Å². The van der Waals surface area contributed by atoms with Crippen LogP contribution >= 0.6 is 0 Å². The summed E-state index contributed by atoms with van der Waals surface area (Å²) in [7, 11) is 0. The molecular weight excluding hydrogens is 116 g/mol. The number of aromatic nitrogens is 2. The Morgan fingerprint density at radius 2 is 2.67 bits per heavy atom. The Bertz CT molecular complexity index is 276. The summed E-state index contributed by atoms with van der Waals surface area (Å²) in [5, 5.41) is 0. The minimum atomic E-state index is -0.159. The van der Waals surface area contributed by atoms with E-state index in [-0.39, 0.29) is 5.69 Å². The van der Waals surface area contributed by atoms with Crippen LogP contribution in [0.15, 0.2) is 17.2 Å². The molecule has 0 spiro atoms. The lowest BCUT2D eigenvalue weighted by Crippen LogP contribution is -2.14. The van der Waals surface area contributed by atoms with E-state index in [0.29, 0.717) is 6.54 Å². The molecule has 3 nitrogen and oxygen atoms in total. The van der Waals surface area contributed by atoms with Crippen LogP contribution in [0.4, 0.5) is 0 Å². The van der Waals surface area contributed by atoms with Gasteiger partial charge >= 0.3 is 5.69 Å². The summed E-state index contributed by atoms with van der Waals surface area (Å²) in [6, 6.07) is 0. The normalized spacial score (nSPS) is 8.78. The van der Waals surface area contributed by atoms with Crippen molar-refractivity contribution in [2.24, 2.45) is 0 Å². The minimum Gasteiger partial charge on any atom is -0.313 e. The molecule has 0 aliphatic heterocycles. The Kier molecular flexibility index (Phi) is 1.41. The monoisotopic (exact) mass is 122 g/mol. The van der Waals surface area contributed by atoms with Crippen LogP contribution in [0, 0.1) is 12.3 Å². The van der Waals surface area contributed by atoms with Gasteiger partial charge in [-0.15, -0.1) is 6.42 Å². The first-order valence-corrected chi connectivity index (χ1v) is 2.52. The van der Waals surface area contributed by atoms with Gasteiger partial charge in [0.2, 0.25) is 0 Å². The Morgan fingerprint density at radius 1 is 1.89 bits per heavy atom. The second kappa shape index (κ2) is 2.23. The summed E-state index contributed by atoms with van der Waals surface area (Å²) in [5.41, 5.74) is -0.159. The number of nitrogens with zero attached hydrogens (tertiary/aromatic N) is 1. The van der Waals surface area contributed by atoms with E-state index in [1.165, 1.54) is 4.57 Å². The van der Waals surface area contributed by atoms with E-state index < -0.39 is 0 Å². The van der Waals surface area contributed by atoms with Crippen LogP contribution in [-0.2, 0) is 6.54 Å². The summed E-state index contributed by atoms with van der Waals surface area (Å²) in [6.45, 7) is 0.336. The van der Waals surface area contributed by atoms with Crippen molar-refractivity contribution in [3.8, 4) is 12.3 Å². The van der Waals surface area contributed by atoms with E-state index in [4.69, 9.17) is 6.42 Å². The van der Waals surface area contributed by atoms with E-state index in [1.54, 1.807) is 12.4 Å². The zero-order valence-electron chi connectivity index (χ0n) is 4.79. The minimum absolute atomic E-state index is 0.159. The van der Waals surface area contributed by atoms with Gasteiger partial charge < -0.3 is 4.98 Å². The maximum Gasteiger partial charge on any atom is 0.326 e. The predicted octanol–water partition coefficient (Wildman–Crippen LogP) is -0.190. The van der Waals surface area contributed by atoms with E-state index in [0.717, 1.165) is 0 Å². The highest BCUT2D eigenvalue weighted by molar-refractivity contribution is 4.88. The van der Waals surface area contributed by atoms with Gasteiger partial charge in [-0.3, -0.25) is 4.57 Å². The molecule has 0 atom stereocenters. The van der Waals surface area contributed by atoms with Gasteiger partial charge in [-0.1, -0.05) is 5.92 Å². The van der Waals surface area contributed by atoms with Gasteiger partial charge in [0.1, 0.15) is 0 Å². The van der Waals surface area contributed by atoms with E-state index >= 15 is 0 Å². The number of hydrogen-bond acceptors (Lipinski definition) is 1. The van der Waals surface area contributed by atoms with Gasteiger partial charge in [0, 0.05) is 12.4 Å². The molecular formula is C6H6N2O. The first-order valence-electron chi connectivity index (χ1n) is 2.52. The zero-order valence-corrected chi connectivity index (χ0v) is 4.79. The third-order valence-corrected chi connectivity index (χ3v) is 0.984. The molecule has 1 aromatic heterocycles. The summed E-state index contributed by atoms with van der Waals surface area (Å²) in [5.74, 6) is 2.35. The second-order valence-electron chi connectivity index (χ2n) is 1.60. The highest BCUT2D eigenvalue weighted by Gasteiger charge is 1.88. The van der Waals surface area contributed by atoms with Crippen molar-refractivity contribution in [2.45, 2.75) is 6.54 Å². The lowest BCUT2D eigenvalue weighted by atomic mass is 10.6. The van der Waals surface area contributed by atoms with Crippen LogP contribution in [-0.4, -0.2) is 9.55 Å². The first-order chi connectivity index (χ1) is 4.34. The molecule has 0 bridgehead atoms. The van der Waals surface area contributed by atoms with Crippen LogP contribution in [0.2, 0.25) is 0 Å². The highest BCUT2D eigenvalue weighted by atomic mass is 16.1. The molecule has 0 saturated heterocycles. The number of imidazole rings is 1. The fraction of sp³-hybridized carbons (Fsp3) is 0.167. The number of hydrogen-bond donors (Lipinski definition) is 1. The molecule has 1 aromatic rings. The molecule has 3 heteroatoms. The predicted molar refractivity (Wildman–Crippen MR) is 33.9 cm³/mol. The number of aromatic amines is 1. The third-order valence-electron chi connectivity index (χ3n) is 0.984. The lowest BCUT2D eigenvalue weighted by Gasteiger charge is -1.86. The molecule has 1 N–H and O–H groups in total. The summed E-state index contributed by atoms with van der Waals surface area (Å²) in [6.07, 6.45) is 8.13. The van der Waals surface area contributed by atoms with Crippen molar-refractivity contribution >= 4 is 0 Å². The average Bonchev–Trinajstić information content (AvgIpc) is 2.18. The maximum absolute atomic E-state index is 10.6. The van der Waals surface area contributed by atoms with Gasteiger partial charge in [-0.2, -0.15) is 0 Å². The maximum atomic E-state index is 10.6. The van der Waals surface area contributed by atoms with E-state index in [1.807, 2.05) is 0 Å². The van der Waals surface area contributed by atoms with Crippen molar-refractivity contribution in [2.75, 3.05) is 0 Å². The number of nitrogens with one attached hydrogen (secondary N) is 1. The highest BCUT2D eigenvalue weighted by Crippen LogP contribution is 1.74. The second-order valence-corrected chi connectivity index (χ2v) is 1.60. The third kappa shape index (κ3) is 1.03. The molecule has 1 heterocycles. The zero-order chi connectivity index (χ0) is 6.69. The van der Waals surface area contributed by atoms with Crippen molar-refractivity contribution in [1.29, 1.82) is 0 Å². The molecule has 0 amide bonds. The molecule has 0 aliphatic carbocycles. The number of terminal acetylenes is 1. The van der Waals surface area contributed by atoms with Crippen LogP contribution < -0.4 is 5.69 Å².